The van der Waals surface area contributed by atoms with E-state index < -0.39 is 16.6 Å². The Hall–Kier alpha value is -3.11. The van der Waals surface area contributed by atoms with Gasteiger partial charge in [-0.15, -0.1) is 0 Å². The number of sulfonamides is 1. The van der Waals surface area contributed by atoms with E-state index in [1.807, 2.05) is 6.07 Å². The van der Waals surface area contributed by atoms with Crippen LogP contribution in [0.2, 0.25) is 0 Å². The van der Waals surface area contributed by atoms with E-state index in [9.17, 15) is 18.5 Å². The number of Topliss-reactive ketones (excluding diaryl/α,β-unsaturated/α-hetero) is 1. The maximum absolute atomic E-state index is 13.5. The Morgan fingerprint density at radius 1 is 0.966 bits per heavy atom. The van der Waals surface area contributed by atoms with Gasteiger partial charge in [0.05, 0.1) is 16.7 Å². The second-order valence-corrected chi connectivity index (χ2v) is 8.94. The highest BCUT2D eigenvalue weighted by Gasteiger charge is 2.41. The van der Waals surface area contributed by atoms with Crippen LogP contribution in [0.1, 0.15) is 35.2 Å². The number of likely N-dealkylation sites (tertiary alicyclic amines) is 1. The lowest BCUT2D eigenvalue weighted by molar-refractivity contribution is 0.101. The van der Waals surface area contributed by atoms with Crippen LogP contribution in [-0.2, 0) is 10.0 Å². The van der Waals surface area contributed by atoms with E-state index in [2.05, 4.69) is 4.90 Å². The van der Waals surface area contributed by atoms with E-state index in [0.717, 1.165) is 36.7 Å². The summed E-state index contributed by atoms with van der Waals surface area (Å²) in [5, 5.41) is 9.36. The van der Waals surface area contributed by atoms with Crippen LogP contribution < -0.4 is 0 Å². The average Bonchev–Trinajstić information content (AvgIpc) is 2.76. The van der Waals surface area contributed by atoms with E-state index in [-0.39, 0.29) is 16.4 Å². The molecule has 2 heterocycles. The topological polar surface area (TPSA) is 81.5 Å². The van der Waals surface area contributed by atoms with Gasteiger partial charge in [-0.2, -0.15) is 5.26 Å². The van der Waals surface area contributed by atoms with Crippen molar-refractivity contribution >= 4 is 21.5 Å². The first-order valence-electron chi connectivity index (χ1n) is 9.64. The van der Waals surface area contributed by atoms with E-state index in [4.69, 9.17) is 0 Å². The molecule has 0 radical (unpaired) electrons. The molecular formula is C22H21N3O3S. The van der Waals surface area contributed by atoms with Crippen molar-refractivity contribution in [1.82, 2.24) is 9.21 Å². The lowest BCUT2D eigenvalue weighted by Gasteiger charge is -2.39. The lowest BCUT2D eigenvalue weighted by Crippen LogP contribution is -2.42. The number of hydrogen-bond acceptors (Lipinski definition) is 5. The Balaban J connectivity index is 2.02. The Morgan fingerprint density at radius 3 is 2.31 bits per heavy atom. The van der Waals surface area contributed by atoms with Gasteiger partial charge in [0.15, 0.2) is 0 Å². The van der Waals surface area contributed by atoms with Crippen LogP contribution in [-0.4, -0.2) is 43.0 Å². The maximum Gasteiger partial charge on any atom is 0.266 e. The summed E-state index contributed by atoms with van der Waals surface area (Å²) in [7, 11) is -4.01. The quantitative estimate of drug-likeness (QED) is 0.574. The molecule has 6 nitrogen and oxygen atoms in total. The first kappa shape index (κ1) is 19.2. The zero-order valence-corrected chi connectivity index (χ0v) is 16.7. The molecule has 2 aliphatic heterocycles. The number of nitrogens with zero attached hydrogens (tertiary/aromatic N) is 3. The molecule has 2 aromatic rings. The number of ketones is 1. The predicted octanol–water partition coefficient (Wildman–Crippen LogP) is 3.25. The third kappa shape index (κ3) is 3.30. The van der Waals surface area contributed by atoms with Gasteiger partial charge >= 0.3 is 0 Å². The molecule has 0 bridgehead atoms. The Bertz CT molecular complexity index is 1110. The molecule has 7 heteroatoms. The van der Waals surface area contributed by atoms with Gasteiger partial charge in [-0.3, -0.25) is 4.79 Å². The second kappa shape index (κ2) is 7.72. The SMILES string of the molecule is N#CCN1C(C(=O)c2ccccc2)=C(N2CCCCC2)c2ccccc2S1(=O)=O. The third-order valence-corrected chi connectivity index (χ3v) is 7.13. The van der Waals surface area contributed by atoms with Gasteiger partial charge in [0, 0.05) is 24.2 Å². The van der Waals surface area contributed by atoms with Crippen LogP contribution in [0.4, 0.5) is 0 Å². The number of carbonyl (C=O) groups is 1. The van der Waals surface area contributed by atoms with Gasteiger partial charge in [-0.05, 0) is 25.3 Å². The summed E-state index contributed by atoms with van der Waals surface area (Å²) in [6.07, 6.45) is 3.06. The van der Waals surface area contributed by atoms with Crippen molar-refractivity contribution in [1.29, 1.82) is 5.26 Å². The molecule has 4 rings (SSSR count). The van der Waals surface area contributed by atoms with E-state index >= 15 is 0 Å². The highest BCUT2D eigenvalue weighted by atomic mass is 32.2. The highest BCUT2D eigenvalue weighted by Crippen LogP contribution is 2.40. The molecule has 1 saturated heterocycles. The van der Waals surface area contributed by atoms with Crippen LogP contribution in [0.3, 0.4) is 0 Å². The van der Waals surface area contributed by atoms with Gasteiger partial charge in [0.1, 0.15) is 12.2 Å². The largest absolute Gasteiger partial charge is 0.369 e. The number of benzene rings is 2. The van der Waals surface area contributed by atoms with E-state index in [0.29, 0.717) is 16.8 Å². The summed E-state index contributed by atoms with van der Waals surface area (Å²) in [5.74, 6) is -0.389. The van der Waals surface area contributed by atoms with Gasteiger partial charge in [0.25, 0.3) is 10.0 Å². The zero-order valence-electron chi connectivity index (χ0n) is 15.9. The molecule has 148 valence electrons. The third-order valence-electron chi connectivity index (χ3n) is 5.32. The number of rotatable bonds is 4. The number of nitriles is 1. The van der Waals surface area contributed by atoms with Crippen LogP contribution >= 0.6 is 0 Å². The number of hydrogen-bond donors (Lipinski definition) is 0. The van der Waals surface area contributed by atoms with Gasteiger partial charge < -0.3 is 4.90 Å². The van der Waals surface area contributed by atoms with Gasteiger partial charge in [-0.25, -0.2) is 12.7 Å². The molecule has 0 atom stereocenters. The first-order valence-corrected chi connectivity index (χ1v) is 11.1. The monoisotopic (exact) mass is 407 g/mol. The summed E-state index contributed by atoms with van der Waals surface area (Å²) >= 11 is 0. The number of carbonyl (C=O) groups excluding carboxylic acids is 1. The normalized spacial score (nSPS) is 18.2. The fourth-order valence-corrected chi connectivity index (χ4v) is 5.55. The molecule has 1 fully saturated rings. The first-order chi connectivity index (χ1) is 14.1. The second-order valence-electron chi connectivity index (χ2n) is 7.11. The van der Waals surface area contributed by atoms with Crippen molar-refractivity contribution in [3.05, 3.63) is 71.4 Å². The molecule has 0 amide bonds. The Kier molecular flexibility index (Phi) is 5.12. The van der Waals surface area contributed by atoms with E-state index in [1.165, 1.54) is 0 Å². The maximum atomic E-state index is 13.5. The number of piperidine rings is 1. The van der Waals surface area contributed by atoms with Crippen molar-refractivity contribution in [3.63, 3.8) is 0 Å². The van der Waals surface area contributed by atoms with E-state index in [1.54, 1.807) is 54.6 Å². The number of fused-ring (bicyclic) bond motifs is 1. The van der Waals surface area contributed by atoms with Crippen molar-refractivity contribution in [2.24, 2.45) is 0 Å². The zero-order chi connectivity index (χ0) is 20.4. The fraction of sp³-hybridized carbons (Fsp3) is 0.273. The lowest BCUT2D eigenvalue weighted by atomic mass is 9.99. The fourth-order valence-electron chi connectivity index (χ4n) is 3.98. The molecule has 2 aliphatic rings. The molecule has 0 N–H and O–H groups in total. The molecule has 2 aromatic carbocycles. The molecule has 0 saturated carbocycles. The summed E-state index contributed by atoms with van der Waals surface area (Å²) < 4.78 is 27.7. The molecule has 29 heavy (non-hydrogen) atoms. The molecular weight excluding hydrogens is 386 g/mol. The van der Waals surface area contributed by atoms with Crippen LogP contribution in [0.25, 0.3) is 5.70 Å². The van der Waals surface area contributed by atoms with Gasteiger partial charge in [-0.1, -0.05) is 48.5 Å². The average molecular weight is 407 g/mol. The van der Waals surface area contributed by atoms with Crippen molar-refractivity contribution in [2.75, 3.05) is 19.6 Å². The summed E-state index contributed by atoms with van der Waals surface area (Å²) in [6.45, 7) is 1.08. The van der Waals surface area contributed by atoms with Crippen molar-refractivity contribution < 1.29 is 13.2 Å². The molecule has 0 unspecified atom stereocenters. The minimum absolute atomic E-state index is 0.0679. The summed E-state index contributed by atoms with van der Waals surface area (Å²) in [4.78, 5) is 15.8. The molecule has 0 aromatic heterocycles. The Morgan fingerprint density at radius 2 is 1.62 bits per heavy atom. The van der Waals surface area contributed by atoms with Crippen molar-refractivity contribution in [3.8, 4) is 6.07 Å². The summed E-state index contributed by atoms with van der Waals surface area (Å²) in [6, 6.07) is 17.3. The molecule has 0 aliphatic carbocycles. The Labute approximate surface area is 170 Å². The standard InChI is InChI=1S/C22H21N3O3S/c23-13-16-25-21(22(26)17-9-3-1-4-10-17)20(24-14-7-2-8-15-24)18-11-5-6-12-19(18)29(25,27)28/h1,3-6,9-12H,2,7-8,14-16H2. The molecule has 0 spiro atoms. The van der Waals surface area contributed by atoms with Crippen LogP contribution in [0, 0.1) is 11.3 Å². The highest BCUT2D eigenvalue weighted by molar-refractivity contribution is 7.89. The van der Waals surface area contributed by atoms with Crippen LogP contribution in [0.5, 0.6) is 0 Å². The smallest absolute Gasteiger partial charge is 0.266 e. The van der Waals surface area contributed by atoms with Gasteiger partial charge in [0.2, 0.25) is 5.78 Å². The van der Waals surface area contributed by atoms with Crippen LogP contribution in [0.15, 0.2) is 65.2 Å². The van der Waals surface area contributed by atoms with Crippen molar-refractivity contribution in [2.45, 2.75) is 24.2 Å². The minimum Gasteiger partial charge on any atom is -0.369 e. The number of allylic oxidation sites excluding steroid dienone is 1. The predicted molar refractivity (Wildman–Crippen MR) is 109 cm³/mol. The minimum atomic E-state index is -4.01. The summed E-state index contributed by atoms with van der Waals surface area (Å²) in [5.41, 5.74) is 1.61.